The summed E-state index contributed by atoms with van der Waals surface area (Å²) in [6.45, 7) is 5.00. The van der Waals surface area contributed by atoms with E-state index in [0.29, 0.717) is 0 Å². The lowest BCUT2D eigenvalue weighted by molar-refractivity contribution is -0.00987. The first-order chi connectivity index (χ1) is 35.4. The van der Waals surface area contributed by atoms with E-state index in [-0.39, 0.29) is 10.8 Å². The minimum atomic E-state index is -0.0615. The average Bonchev–Trinajstić information content (AvgIpc) is 4.05. The molecule has 0 aliphatic heterocycles. The Morgan fingerprint density at radius 3 is 1.29 bits per heavy atom. The maximum absolute atomic E-state index is 5.78. The first-order valence-electron chi connectivity index (χ1n) is 27.3. The highest BCUT2D eigenvalue weighted by molar-refractivity contribution is 6.40. The monoisotopic (exact) mass is 936 g/mol. The van der Waals surface area contributed by atoms with Gasteiger partial charge in [-0.2, -0.15) is 0 Å². The average molecular weight is 937 g/mol. The predicted octanol–water partition coefficient (Wildman–Crippen LogP) is 16.4. The van der Waals surface area contributed by atoms with Crippen LogP contribution in [0.1, 0.15) is 96.1 Å². The molecule has 4 heterocycles. The van der Waals surface area contributed by atoms with E-state index in [0.717, 1.165) is 75.6 Å². The van der Waals surface area contributed by atoms with Crippen molar-refractivity contribution in [2.45, 2.75) is 95.3 Å². The van der Waals surface area contributed by atoms with Crippen LogP contribution >= 0.6 is 0 Å². The Hall–Kier alpha value is -7.05. The molecular weight excluding hydrogens is 877 g/mol. The topological polar surface area (TPSA) is 53.5 Å². The first kappa shape index (κ1) is 41.6. The Labute approximate surface area is 420 Å². The molecule has 0 amide bonds. The van der Waals surface area contributed by atoms with Crippen LogP contribution in [0.2, 0.25) is 0 Å². The summed E-state index contributed by atoms with van der Waals surface area (Å²) in [6, 6.07) is 58.5. The van der Waals surface area contributed by atoms with E-state index in [4.69, 9.17) is 15.0 Å². The van der Waals surface area contributed by atoms with Crippen LogP contribution in [0.3, 0.4) is 0 Å². The third-order valence-electron chi connectivity index (χ3n) is 19.0. The number of rotatable bonds is 6. The maximum Gasteiger partial charge on any atom is 0.163 e. The lowest BCUT2D eigenvalue weighted by Crippen LogP contribution is -2.50. The van der Waals surface area contributed by atoms with Gasteiger partial charge < -0.3 is 13.7 Å². The van der Waals surface area contributed by atoms with Gasteiger partial charge in [-0.15, -0.1) is 0 Å². The summed E-state index contributed by atoms with van der Waals surface area (Å²) in [6.07, 6.45) is 14.3. The fourth-order valence-corrected chi connectivity index (χ4v) is 17.1. The molecule has 354 valence electrons. The van der Waals surface area contributed by atoms with E-state index in [9.17, 15) is 0 Å². The Kier molecular flexibility index (Phi) is 8.80. The quantitative estimate of drug-likeness (QED) is 0.167. The molecule has 6 aliphatic rings. The lowest BCUT2D eigenvalue weighted by Gasteiger charge is -2.56. The van der Waals surface area contributed by atoms with Gasteiger partial charge in [-0.25, -0.2) is 15.0 Å². The standard InChI is InChI=1S/C66H60N6/c1-40-28-41-30-42(29-40)36-65(2,35-41)63-67-62(68-64(69-63)66-37-43-31-44(38-66)33-45(32-43)39-66)46-16-15-21-49(34-46)72-55-27-14-11-24-52(55)58-60-56(50-22-9-12-25-53(50)70(60)47-17-5-3-6-18-47)59-57(61(58)72)51-23-10-13-26-54(51)71(59)48-19-7-4-8-20-48/h3-27,34,40-45H,28-33,35-39H2,1-2H3. The summed E-state index contributed by atoms with van der Waals surface area (Å²) in [5.74, 6) is 7.76. The zero-order valence-corrected chi connectivity index (χ0v) is 41.4. The highest BCUT2D eigenvalue weighted by Crippen LogP contribution is 2.61. The highest BCUT2D eigenvalue weighted by atomic mass is 15.1. The molecule has 0 radical (unpaired) electrons. The van der Waals surface area contributed by atoms with Crippen LogP contribution < -0.4 is 0 Å². The Morgan fingerprint density at radius 1 is 0.403 bits per heavy atom. The Morgan fingerprint density at radius 2 is 0.806 bits per heavy atom. The van der Waals surface area contributed by atoms with E-state index in [1.54, 1.807) is 0 Å². The second-order valence-corrected chi connectivity index (χ2v) is 24.0. The molecule has 6 heteroatoms. The fraction of sp³-hybridized carbons (Fsp3) is 0.318. The summed E-state index contributed by atoms with van der Waals surface area (Å²) in [5, 5.41) is 7.49. The molecule has 6 fully saturated rings. The summed E-state index contributed by atoms with van der Waals surface area (Å²) in [5.41, 5.74) is 11.7. The zero-order chi connectivity index (χ0) is 47.5. The fourth-order valence-electron chi connectivity index (χ4n) is 17.1. The second-order valence-electron chi connectivity index (χ2n) is 24.0. The largest absolute Gasteiger partial charge is 0.308 e. The SMILES string of the molecule is CC1CC2CC(C1)CC(C)(c1nc(-c3cccc(-n4c5ccccc5c5c6c(c7ccccc7n6-c6ccccc6)c6c(c7ccccc7n6-c6ccccc6)c54)c3)nc(C34CC5CC(CC(C5)C3)C4)n1)C2. The second kappa shape index (κ2) is 15.2. The van der Waals surface area contributed by atoms with Gasteiger partial charge in [0.05, 0.1) is 33.1 Å². The number of benzene rings is 7. The minimum absolute atomic E-state index is 0.0577. The van der Waals surface area contributed by atoms with Gasteiger partial charge in [-0.3, -0.25) is 0 Å². The predicted molar refractivity (Wildman–Crippen MR) is 295 cm³/mol. The molecule has 2 unspecified atom stereocenters. The van der Waals surface area contributed by atoms with Gasteiger partial charge in [0.1, 0.15) is 11.6 Å². The van der Waals surface area contributed by atoms with Gasteiger partial charge >= 0.3 is 0 Å². The normalized spacial score (nSPS) is 26.8. The van der Waals surface area contributed by atoms with Gasteiger partial charge in [0.15, 0.2) is 5.82 Å². The number of hydrogen-bond donors (Lipinski definition) is 0. The summed E-state index contributed by atoms with van der Waals surface area (Å²) >= 11 is 0. The molecule has 0 saturated heterocycles. The highest BCUT2D eigenvalue weighted by Gasteiger charge is 2.54. The van der Waals surface area contributed by atoms with Crippen LogP contribution in [-0.2, 0) is 10.8 Å². The smallest absolute Gasteiger partial charge is 0.163 e. The van der Waals surface area contributed by atoms with Crippen molar-refractivity contribution in [2.75, 3.05) is 0 Å². The van der Waals surface area contributed by atoms with Crippen molar-refractivity contribution >= 4 is 65.4 Å². The third-order valence-corrected chi connectivity index (χ3v) is 19.0. The van der Waals surface area contributed by atoms with Crippen LogP contribution in [0.25, 0.3) is 93.9 Å². The Balaban J connectivity index is 0.998. The molecule has 6 aliphatic carbocycles. The first-order valence-corrected chi connectivity index (χ1v) is 27.3. The molecule has 4 aromatic heterocycles. The van der Waals surface area contributed by atoms with Gasteiger partial charge in [0, 0.05) is 65.8 Å². The molecule has 0 spiro atoms. The summed E-state index contributed by atoms with van der Waals surface area (Å²) in [7, 11) is 0. The van der Waals surface area contributed by atoms with E-state index in [1.165, 1.54) is 136 Å². The zero-order valence-electron chi connectivity index (χ0n) is 41.4. The molecular formula is C66H60N6. The van der Waals surface area contributed by atoms with E-state index in [2.05, 4.69) is 185 Å². The van der Waals surface area contributed by atoms with Crippen LogP contribution in [0.4, 0.5) is 0 Å². The van der Waals surface area contributed by atoms with Crippen molar-refractivity contribution < 1.29 is 0 Å². The van der Waals surface area contributed by atoms with E-state index >= 15 is 0 Å². The number of fused-ring (bicyclic) bond motifs is 14. The molecule has 72 heavy (non-hydrogen) atoms. The number of hydrogen-bond acceptors (Lipinski definition) is 3. The van der Waals surface area contributed by atoms with Crippen molar-refractivity contribution in [1.82, 2.24) is 28.7 Å². The molecule has 11 aromatic rings. The van der Waals surface area contributed by atoms with Crippen molar-refractivity contribution in [3.63, 3.8) is 0 Å². The van der Waals surface area contributed by atoms with Crippen molar-refractivity contribution in [2.24, 2.45) is 35.5 Å². The molecule has 7 aromatic carbocycles. The molecule has 6 nitrogen and oxygen atoms in total. The molecule has 6 saturated carbocycles. The summed E-state index contributed by atoms with van der Waals surface area (Å²) < 4.78 is 7.65. The van der Waals surface area contributed by atoms with E-state index < -0.39 is 0 Å². The molecule has 0 N–H and O–H groups in total. The van der Waals surface area contributed by atoms with Crippen molar-refractivity contribution in [3.05, 3.63) is 169 Å². The number of aromatic nitrogens is 6. The molecule has 17 rings (SSSR count). The molecule has 6 bridgehead atoms. The molecule has 2 atom stereocenters. The lowest BCUT2D eigenvalue weighted by atomic mass is 9.49. The number of nitrogens with zero attached hydrogens (tertiary/aromatic N) is 6. The Bertz CT molecular complexity index is 3880. The minimum Gasteiger partial charge on any atom is -0.308 e. The van der Waals surface area contributed by atoms with Crippen LogP contribution in [0.15, 0.2) is 158 Å². The van der Waals surface area contributed by atoms with E-state index in [1.807, 2.05) is 0 Å². The van der Waals surface area contributed by atoms with Gasteiger partial charge in [0.25, 0.3) is 0 Å². The van der Waals surface area contributed by atoms with Gasteiger partial charge in [-0.05, 0) is 161 Å². The number of para-hydroxylation sites is 5. The van der Waals surface area contributed by atoms with Gasteiger partial charge in [-0.1, -0.05) is 117 Å². The van der Waals surface area contributed by atoms with Crippen LogP contribution in [0, 0.1) is 35.5 Å². The van der Waals surface area contributed by atoms with Crippen LogP contribution in [0.5, 0.6) is 0 Å². The van der Waals surface area contributed by atoms with Crippen LogP contribution in [-0.4, -0.2) is 28.7 Å². The van der Waals surface area contributed by atoms with Gasteiger partial charge in [0.2, 0.25) is 0 Å². The third kappa shape index (κ3) is 5.98. The van der Waals surface area contributed by atoms with Crippen molar-refractivity contribution in [1.29, 1.82) is 0 Å². The summed E-state index contributed by atoms with van der Waals surface area (Å²) in [4.78, 5) is 17.3. The maximum atomic E-state index is 5.78. The van der Waals surface area contributed by atoms with Crippen molar-refractivity contribution in [3.8, 4) is 28.5 Å².